The van der Waals surface area contributed by atoms with Gasteiger partial charge in [-0.2, -0.15) is 0 Å². The zero-order chi connectivity index (χ0) is 17.3. The molecule has 5 unspecified atom stereocenters. The van der Waals surface area contributed by atoms with Gasteiger partial charge in [0.2, 0.25) is 5.91 Å². The third-order valence-corrected chi connectivity index (χ3v) is 5.28. The molecule has 1 N–H and O–H groups in total. The molecular formula is C19H30N2O2. The van der Waals surface area contributed by atoms with Gasteiger partial charge in [-0.15, -0.1) is 0 Å². The number of amides is 1. The number of nitrogens with one attached hydrogen (secondary N) is 1. The Labute approximate surface area is 140 Å². The molecule has 1 saturated heterocycles. The smallest absolute Gasteiger partial charge is 0.241 e. The van der Waals surface area contributed by atoms with E-state index in [0.717, 1.165) is 16.8 Å². The minimum absolute atomic E-state index is 0.0439. The van der Waals surface area contributed by atoms with Crippen LogP contribution in [0.2, 0.25) is 0 Å². The number of morpholine rings is 1. The van der Waals surface area contributed by atoms with E-state index in [0.29, 0.717) is 0 Å². The molecule has 0 bridgehead atoms. The van der Waals surface area contributed by atoms with E-state index < -0.39 is 0 Å². The van der Waals surface area contributed by atoms with Gasteiger partial charge in [-0.3, -0.25) is 9.69 Å². The fourth-order valence-corrected chi connectivity index (χ4v) is 3.50. The number of carbonyl (C=O) groups excluding carboxylic acids is 1. The van der Waals surface area contributed by atoms with Crippen molar-refractivity contribution in [2.75, 3.05) is 5.32 Å². The van der Waals surface area contributed by atoms with E-state index >= 15 is 0 Å². The normalized spacial score (nSPS) is 30.0. The molecule has 5 atom stereocenters. The molecule has 1 aromatic rings. The molecule has 2 rings (SSSR count). The van der Waals surface area contributed by atoms with Gasteiger partial charge in [0.25, 0.3) is 0 Å². The predicted octanol–water partition coefficient (Wildman–Crippen LogP) is 3.52. The van der Waals surface area contributed by atoms with Gasteiger partial charge in [0, 0.05) is 17.8 Å². The number of aryl methyl sites for hydroxylation is 2. The molecule has 23 heavy (non-hydrogen) atoms. The monoisotopic (exact) mass is 318 g/mol. The fourth-order valence-electron chi connectivity index (χ4n) is 3.50. The molecule has 4 heteroatoms. The van der Waals surface area contributed by atoms with E-state index in [4.69, 9.17) is 4.74 Å². The van der Waals surface area contributed by atoms with Crippen LogP contribution in [0.15, 0.2) is 18.2 Å². The molecule has 1 aliphatic rings. The Morgan fingerprint density at radius 1 is 1.09 bits per heavy atom. The van der Waals surface area contributed by atoms with Crippen molar-refractivity contribution >= 4 is 11.6 Å². The number of rotatable bonds is 3. The van der Waals surface area contributed by atoms with Crippen molar-refractivity contribution in [1.82, 2.24) is 4.90 Å². The summed E-state index contributed by atoms with van der Waals surface area (Å²) in [6.07, 6.45) is 0.244. The maximum Gasteiger partial charge on any atom is 0.241 e. The molecule has 1 aromatic carbocycles. The van der Waals surface area contributed by atoms with Crippen molar-refractivity contribution in [2.24, 2.45) is 0 Å². The van der Waals surface area contributed by atoms with Crippen molar-refractivity contribution in [3.05, 3.63) is 29.3 Å². The van der Waals surface area contributed by atoms with Gasteiger partial charge >= 0.3 is 0 Å². The number of benzene rings is 1. The number of nitrogens with zero attached hydrogens (tertiary/aromatic N) is 1. The molecule has 128 valence electrons. The first kappa shape index (κ1) is 18.0. The van der Waals surface area contributed by atoms with E-state index in [9.17, 15) is 4.79 Å². The molecular weight excluding hydrogens is 288 g/mol. The summed E-state index contributed by atoms with van der Waals surface area (Å²) in [5.41, 5.74) is 3.12. The highest BCUT2D eigenvalue weighted by atomic mass is 16.5. The van der Waals surface area contributed by atoms with Crippen LogP contribution in [0.25, 0.3) is 0 Å². The van der Waals surface area contributed by atoms with E-state index in [2.05, 4.69) is 37.9 Å². The lowest BCUT2D eigenvalue weighted by Crippen LogP contribution is -2.62. The second kappa shape index (κ2) is 7.02. The van der Waals surface area contributed by atoms with Crippen LogP contribution in [-0.2, 0) is 9.53 Å². The van der Waals surface area contributed by atoms with Crippen LogP contribution in [0.5, 0.6) is 0 Å². The van der Waals surface area contributed by atoms with Gasteiger partial charge in [0.1, 0.15) is 0 Å². The molecule has 1 fully saturated rings. The van der Waals surface area contributed by atoms with Crippen molar-refractivity contribution in [1.29, 1.82) is 0 Å². The molecule has 0 spiro atoms. The summed E-state index contributed by atoms with van der Waals surface area (Å²) in [6.45, 7) is 14.5. The summed E-state index contributed by atoms with van der Waals surface area (Å²) in [7, 11) is 0. The second-order valence-electron chi connectivity index (χ2n) is 6.91. The van der Waals surface area contributed by atoms with Crippen LogP contribution in [0, 0.1) is 13.8 Å². The quantitative estimate of drug-likeness (QED) is 0.927. The van der Waals surface area contributed by atoms with Gasteiger partial charge in [0.05, 0.1) is 18.2 Å². The SMILES string of the molecule is Cc1cccc(C)c1NC(=O)C(C)N1C(C)C(C)OC(C)C1C. The lowest BCUT2D eigenvalue weighted by Gasteiger charge is -2.48. The van der Waals surface area contributed by atoms with Gasteiger partial charge in [-0.25, -0.2) is 0 Å². The number of ether oxygens (including phenoxy) is 1. The number of hydrogen-bond acceptors (Lipinski definition) is 3. The van der Waals surface area contributed by atoms with Crippen molar-refractivity contribution < 1.29 is 9.53 Å². The molecule has 0 aromatic heterocycles. The highest BCUT2D eigenvalue weighted by Crippen LogP contribution is 2.27. The first-order valence-corrected chi connectivity index (χ1v) is 8.54. The lowest BCUT2D eigenvalue weighted by atomic mass is 9.99. The average molecular weight is 318 g/mol. The lowest BCUT2D eigenvalue weighted by molar-refractivity contribution is -0.151. The largest absolute Gasteiger partial charge is 0.372 e. The number of anilines is 1. The Bertz CT molecular complexity index is 538. The minimum atomic E-state index is -0.201. The van der Waals surface area contributed by atoms with Crippen LogP contribution < -0.4 is 5.32 Å². The Morgan fingerprint density at radius 3 is 2.04 bits per heavy atom. The average Bonchev–Trinajstić information content (AvgIpc) is 2.49. The maximum absolute atomic E-state index is 12.8. The Kier molecular flexibility index (Phi) is 5.48. The molecule has 0 radical (unpaired) electrons. The second-order valence-corrected chi connectivity index (χ2v) is 6.91. The van der Waals surface area contributed by atoms with Gasteiger partial charge in [-0.1, -0.05) is 18.2 Å². The van der Waals surface area contributed by atoms with E-state index in [1.807, 2.05) is 39.0 Å². The molecule has 0 aliphatic carbocycles. The summed E-state index contributed by atoms with van der Waals surface area (Å²) in [5.74, 6) is 0.0439. The first-order valence-electron chi connectivity index (χ1n) is 8.54. The van der Waals surface area contributed by atoms with E-state index in [1.54, 1.807) is 0 Å². The molecule has 4 nitrogen and oxygen atoms in total. The van der Waals surface area contributed by atoms with Crippen LogP contribution in [0.3, 0.4) is 0 Å². The Morgan fingerprint density at radius 2 is 1.57 bits per heavy atom. The van der Waals surface area contributed by atoms with Gasteiger partial charge < -0.3 is 10.1 Å². The number of carbonyl (C=O) groups is 1. The van der Waals surface area contributed by atoms with Crippen LogP contribution in [0.1, 0.15) is 45.7 Å². The van der Waals surface area contributed by atoms with E-state index in [1.165, 1.54) is 0 Å². The fraction of sp³-hybridized carbons (Fsp3) is 0.632. The number of para-hydroxylation sites is 1. The minimum Gasteiger partial charge on any atom is -0.372 e. The van der Waals surface area contributed by atoms with Crippen molar-refractivity contribution in [3.8, 4) is 0 Å². The van der Waals surface area contributed by atoms with Crippen LogP contribution >= 0.6 is 0 Å². The number of hydrogen-bond donors (Lipinski definition) is 1. The molecule has 1 amide bonds. The third kappa shape index (κ3) is 3.59. The van der Waals surface area contributed by atoms with Gasteiger partial charge in [0.15, 0.2) is 0 Å². The predicted molar refractivity (Wildman–Crippen MR) is 94.8 cm³/mol. The topological polar surface area (TPSA) is 41.6 Å². The Hall–Kier alpha value is -1.39. The van der Waals surface area contributed by atoms with Crippen molar-refractivity contribution in [3.63, 3.8) is 0 Å². The van der Waals surface area contributed by atoms with E-state index in [-0.39, 0.29) is 36.2 Å². The summed E-state index contributed by atoms with van der Waals surface area (Å²) >= 11 is 0. The van der Waals surface area contributed by atoms with Gasteiger partial charge in [-0.05, 0) is 59.6 Å². The molecule has 1 aliphatic heterocycles. The zero-order valence-corrected chi connectivity index (χ0v) is 15.4. The summed E-state index contributed by atoms with van der Waals surface area (Å²) in [5, 5.41) is 3.12. The Balaban J connectivity index is 2.18. The summed E-state index contributed by atoms with van der Waals surface area (Å²) < 4.78 is 5.95. The molecule has 0 saturated carbocycles. The summed E-state index contributed by atoms with van der Waals surface area (Å²) in [6, 6.07) is 6.28. The standard InChI is InChI=1S/C19H30N2O2/c1-11-9-8-10-12(2)18(11)20-19(22)15(5)21-13(3)16(6)23-17(7)14(21)4/h8-10,13-17H,1-7H3,(H,20,22). The highest BCUT2D eigenvalue weighted by Gasteiger charge is 2.40. The van der Waals surface area contributed by atoms with Crippen molar-refractivity contribution in [2.45, 2.75) is 78.8 Å². The highest BCUT2D eigenvalue weighted by molar-refractivity contribution is 5.96. The molecule has 1 heterocycles. The van der Waals surface area contributed by atoms with Crippen LogP contribution in [0.4, 0.5) is 5.69 Å². The maximum atomic E-state index is 12.8. The summed E-state index contributed by atoms with van der Waals surface area (Å²) in [4.78, 5) is 15.1. The first-order chi connectivity index (χ1) is 10.7. The third-order valence-electron chi connectivity index (χ3n) is 5.28. The van der Waals surface area contributed by atoms with Crippen LogP contribution in [-0.4, -0.2) is 41.1 Å². The zero-order valence-electron chi connectivity index (χ0n) is 15.4.